The lowest BCUT2D eigenvalue weighted by atomic mass is 9.96. The molecular weight excluding hydrogens is 430 g/mol. The van der Waals surface area contributed by atoms with Crippen molar-refractivity contribution >= 4 is 45.6 Å². The second-order valence-electron chi connectivity index (χ2n) is 5.60. The summed E-state index contributed by atoms with van der Waals surface area (Å²) in [7, 11) is 0. The fraction of sp³-hybridized carbons (Fsp3) is 0.500. The number of thioether (sulfide) groups is 1. The van der Waals surface area contributed by atoms with E-state index in [1.807, 2.05) is 0 Å². The van der Waals surface area contributed by atoms with Crippen molar-refractivity contribution in [3.8, 4) is 0 Å². The fourth-order valence-electron chi connectivity index (χ4n) is 2.66. The van der Waals surface area contributed by atoms with E-state index in [-0.39, 0.29) is 5.75 Å². The minimum atomic E-state index is -1.77. The van der Waals surface area contributed by atoms with Gasteiger partial charge in [-0.2, -0.15) is 0 Å². The van der Waals surface area contributed by atoms with Gasteiger partial charge < -0.3 is 19.3 Å². The van der Waals surface area contributed by atoms with E-state index in [0.29, 0.717) is 10.2 Å². The molecule has 2 rings (SSSR count). The maximum Gasteiger partial charge on any atom is 0.303 e. The Morgan fingerprint density at radius 1 is 1.19 bits per heavy atom. The summed E-state index contributed by atoms with van der Waals surface area (Å²) >= 11 is 4.27. The highest BCUT2D eigenvalue weighted by Crippen LogP contribution is 2.47. The smallest absolute Gasteiger partial charge is 0.303 e. The van der Waals surface area contributed by atoms with Crippen LogP contribution in [0.25, 0.3) is 0 Å². The van der Waals surface area contributed by atoms with Crippen LogP contribution in [-0.2, 0) is 33.5 Å². The molecule has 10 heteroatoms. The fourth-order valence-corrected chi connectivity index (χ4v) is 4.68. The SMILES string of the molecule is CC(=O)O[C@@H]1[C@@H](OC(C)=O)[C@@](O)(c2cccnc2Br)SC[C@H]1OC(C)=O. The summed E-state index contributed by atoms with van der Waals surface area (Å²) in [4.78, 5) is 36.9. The molecule has 1 saturated heterocycles. The summed E-state index contributed by atoms with van der Waals surface area (Å²) < 4.78 is 16.1. The molecule has 1 fully saturated rings. The van der Waals surface area contributed by atoms with Crippen molar-refractivity contribution < 1.29 is 33.7 Å². The van der Waals surface area contributed by atoms with E-state index in [4.69, 9.17) is 14.2 Å². The Labute approximate surface area is 162 Å². The van der Waals surface area contributed by atoms with Crippen molar-refractivity contribution in [1.29, 1.82) is 0 Å². The Balaban J connectivity index is 2.51. The van der Waals surface area contributed by atoms with E-state index in [1.165, 1.54) is 27.0 Å². The van der Waals surface area contributed by atoms with Crippen LogP contribution in [-0.4, -0.2) is 52.1 Å². The predicted octanol–water partition coefficient (Wildman–Crippen LogP) is 1.53. The molecule has 4 atom stereocenters. The number of hydrogen-bond donors (Lipinski definition) is 1. The number of aliphatic hydroxyl groups is 1. The number of halogens is 1. The average Bonchev–Trinajstić information content (AvgIpc) is 2.53. The highest BCUT2D eigenvalue weighted by molar-refractivity contribution is 9.10. The van der Waals surface area contributed by atoms with Crippen LogP contribution in [0.1, 0.15) is 26.3 Å². The summed E-state index contributed by atoms with van der Waals surface area (Å²) in [5.41, 5.74) is 0.342. The van der Waals surface area contributed by atoms with E-state index in [2.05, 4.69) is 20.9 Å². The minimum Gasteiger partial charge on any atom is -0.458 e. The van der Waals surface area contributed by atoms with E-state index in [1.54, 1.807) is 12.1 Å². The second-order valence-corrected chi connectivity index (χ2v) is 7.60. The highest BCUT2D eigenvalue weighted by atomic mass is 79.9. The Kier molecular flexibility index (Phi) is 6.64. The lowest BCUT2D eigenvalue weighted by Crippen LogP contribution is -2.59. The molecule has 26 heavy (non-hydrogen) atoms. The second kappa shape index (κ2) is 8.36. The molecule has 0 aromatic carbocycles. The van der Waals surface area contributed by atoms with Gasteiger partial charge in [0.15, 0.2) is 23.2 Å². The zero-order valence-electron chi connectivity index (χ0n) is 14.3. The van der Waals surface area contributed by atoms with E-state index in [0.717, 1.165) is 11.8 Å². The van der Waals surface area contributed by atoms with Crippen LogP contribution in [0.5, 0.6) is 0 Å². The van der Waals surface area contributed by atoms with Crippen LogP contribution < -0.4 is 0 Å². The number of esters is 3. The highest BCUT2D eigenvalue weighted by Gasteiger charge is 2.56. The Morgan fingerprint density at radius 2 is 1.81 bits per heavy atom. The number of pyridine rings is 1. The number of carbonyl (C=O) groups is 3. The lowest BCUT2D eigenvalue weighted by molar-refractivity contribution is -0.197. The number of nitrogens with zero attached hydrogens (tertiary/aromatic N) is 1. The molecule has 0 bridgehead atoms. The van der Waals surface area contributed by atoms with Gasteiger partial charge in [-0.25, -0.2) is 4.98 Å². The third-order valence-corrected chi connectivity index (χ3v) is 5.59. The molecular formula is C16H18BrNO7S. The van der Waals surface area contributed by atoms with Gasteiger partial charge in [-0.3, -0.25) is 14.4 Å². The van der Waals surface area contributed by atoms with Crippen molar-refractivity contribution in [2.45, 2.75) is 44.0 Å². The van der Waals surface area contributed by atoms with Gasteiger partial charge in [-0.05, 0) is 22.0 Å². The van der Waals surface area contributed by atoms with Crippen LogP contribution in [0.3, 0.4) is 0 Å². The first-order valence-corrected chi connectivity index (χ1v) is 9.42. The third-order valence-electron chi connectivity index (χ3n) is 3.58. The molecule has 2 heterocycles. The van der Waals surface area contributed by atoms with Crippen LogP contribution in [0, 0.1) is 0 Å². The van der Waals surface area contributed by atoms with Gasteiger partial charge in [0.1, 0.15) is 4.60 Å². The van der Waals surface area contributed by atoms with Gasteiger partial charge >= 0.3 is 17.9 Å². The molecule has 1 aromatic heterocycles. The predicted molar refractivity (Wildman–Crippen MR) is 95.0 cm³/mol. The molecule has 8 nitrogen and oxygen atoms in total. The van der Waals surface area contributed by atoms with Gasteiger partial charge in [-0.1, -0.05) is 6.07 Å². The van der Waals surface area contributed by atoms with Gasteiger partial charge in [0, 0.05) is 38.3 Å². The molecule has 0 saturated carbocycles. The molecule has 0 amide bonds. The summed E-state index contributed by atoms with van der Waals surface area (Å²) in [6, 6.07) is 3.22. The molecule has 1 aromatic rings. The number of ether oxygens (including phenoxy) is 3. The zero-order chi connectivity index (χ0) is 19.5. The largest absolute Gasteiger partial charge is 0.458 e. The monoisotopic (exact) mass is 447 g/mol. The van der Waals surface area contributed by atoms with Gasteiger partial charge in [-0.15, -0.1) is 11.8 Å². The van der Waals surface area contributed by atoms with E-state index in [9.17, 15) is 19.5 Å². The number of rotatable bonds is 4. The molecule has 1 aliphatic heterocycles. The van der Waals surface area contributed by atoms with Crippen LogP contribution >= 0.6 is 27.7 Å². The maximum absolute atomic E-state index is 11.7. The Bertz CT molecular complexity index is 716. The molecule has 1 N–H and O–H groups in total. The maximum atomic E-state index is 11.7. The number of carbonyl (C=O) groups excluding carboxylic acids is 3. The van der Waals surface area contributed by atoms with Crippen molar-refractivity contribution in [3.63, 3.8) is 0 Å². The van der Waals surface area contributed by atoms with E-state index >= 15 is 0 Å². The standard InChI is InChI=1S/C16H18BrNO7S/c1-8(19)23-12-7-26-16(22,11-5-4-6-18-15(11)17)14(25-10(3)21)13(12)24-9(2)20/h4-6,12-14,22H,7H2,1-3H3/t12-,13+,14-,16-/m1/s1. The van der Waals surface area contributed by atoms with Crippen LogP contribution in [0.2, 0.25) is 0 Å². The summed E-state index contributed by atoms with van der Waals surface area (Å²) in [5.74, 6) is -1.81. The first-order chi connectivity index (χ1) is 12.1. The molecule has 0 spiro atoms. The van der Waals surface area contributed by atoms with Crippen molar-refractivity contribution in [2.75, 3.05) is 5.75 Å². The van der Waals surface area contributed by atoms with Gasteiger partial charge in [0.25, 0.3) is 0 Å². The normalized spacial score (nSPS) is 28.1. The number of aromatic nitrogens is 1. The molecule has 0 aliphatic carbocycles. The summed E-state index contributed by atoms with van der Waals surface area (Å²) in [6.07, 6.45) is -1.86. The van der Waals surface area contributed by atoms with E-state index < -0.39 is 41.2 Å². The van der Waals surface area contributed by atoms with Crippen molar-refractivity contribution in [2.24, 2.45) is 0 Å². The van der Waals surface area contributed by atoms with Crippen LogP contribution in [0.15, 0.2) is 22.9 Å². The average molecular weight is 448 g/mol. The Hall–Kier alpha value is -1.65. The minimum absolute atomic E-state index is 0.118. The van der Waals surface area contributed by atoms with Crippen LogP contribution in [0.4, 0.5) is 0 Å². The lowest BCUT2D eigenvalue weighted by Gasteiger charge is -2.45. The van der Waals surface area contributed by atoms with Crippen molar-refractivity contribution in [1.82, 2.24) is 4.98 Å². The molecule has 1 aliphatic rings. The van der Waals surface area contributed by atoms with Gasteiger partial charge in [0.2, 0.25) is 0 Å². The summed E-state index contributed by atoms with van der Waals surface area (Å²) in [5, 5.41) is 11.4. The molecule has 142 valence electrons. The first-order valence-electron chi connectivity index (χ1n) is 7.64. The van der Waals surface area contributed by atoms with Crippen molar-refractivity contribution in [3.05, 3.63) is 28.5 Å². The summed E-state index contributed by atoms with van der Waals surface area (Å²) in [6.45, 7) is 3.56. The zero-order valence-corrected chi connectivity index (χ0v) is 16.7. The van der Waals surface area contributed by atoms with Gasteiger partial charge in [0.05, 0.1) is 0 Å². The molecule has 0 radical (unpaired) electrons. The number of hydrogen-bond acceptors (Lipinski definition) is 9. The quantitative estimate of drug-likeness (QED) is 0.416. The Morgan fingerprint density at radius 3 is 2.35 bits per heavy atom. The third kappa shape index (κ3) is 4.54. The molecule has 0 unspecified atom stereocenters. The topological polar surface area (TPSA) is 112 Å². The first kappa shape index (κ1) is 20.7.